The molecule has 10 aromatic rings. The molecule has 0 aromatic heterocycles. The molecule has 0 bridgehead atoms. The van der Waals surface area contributed by atoms with Gasteiger partial charge in [0, 0.05) is 56.1 Å². The molecule has 0 spiro atoms. The molecule has 2 aliphatic carbocycles. The van der Waals surface area contributed by atoms with Crippen molar-refractivity contribution < 1.29 is 0 Å². The van der Waals surface area contributed by atoms with E-state index in [1.807, 2.05) is 0 Å². The van der Waals surface area contributed by atoms with Gasteiger partial charge < -0.3 is 15.1 Å². The van der Waals surface area contributed by atoms with Crippen LogP contribution in [-0.2, 0) is 21.7 Å². The maximum absolute atomic E-state index is 4.36. The smallest absolute Gasteiger partial charge is 0.197 e. The number of nitrogens with zero attached hydrogens (tertiary/aromatic N) is 2. The SMILES string of the molecule is Cc1cc2c(cc1Nc1c(-c3cc(N(c4ccc(-c5ccccc5)cc4C)c4ccc(-c5ccccc5)cc4C)cc4c3[B]c3cccc5c3N4c3ccccc3C5(C)C)ccc3c1-c1ccccc1C3(C)C)C(C)(C)CCC2(C)C. The maximum Gasteiger partial charge on any atom is 0.197 e. The summed E-state index contributed by atoms with van der Waals surface area (Å²) in [4.78, 5) is 5.16. The minimum atomic E-state index is -0.223. The Labute approximate surface area is 481 Å². The quantitative estimate of drug-likeness (QED) is 0.153. The average molecular weight is 1050 g/mol. The molecule has 0 unspecified atom stereocenters. The molecule has 4 aliphatic rings. The number of aryl methyl sites for hydroxylation is 3. The van der Waals surface area contributed by atoms with Crippen molar-refractivity contribution in [1.29, 1.82) is 0 Å². The molecular weight excluding hydrogens is 978 g/mol. The highest BCUT2D eigenvalue weighted by Crippen LogP contribution is 2.58. The predicted octanol–water partition coefficient (Wildman–Crippen LogP) is 19.6. The fourth-order valence-corrected chi connectivity index (χ4v) is 14.6. The Balaban J connectivity index is 1.08. The van der Waals surface area contributed by atoms with Crippen LogP contribution in [0.25, 0.3) is 44.5 Å². The van der Waals surface area contributed by atoms with Gasteiger partial charge in [-0.25, -0.2) is 0 Å². The van der Waals surface area contributed by atoms with Gasteiger partial charge in [-0.05, 0) is 182 Å². The van der Waals surface area contributed by atoms with E-state index in [-0.39, 0.29) is 21.7 Å². The zero-order chi connectivity index (χ0) is 55.9. The molecule has 0 fully saturated rings. The highest BCUT2D eigenvalue weighted by molar-refractivity contribution is 6.73. The molecule has 3 nitrogen and oxygen atoms in total. The molecule has 1 N–H and O–H groups in total. The van der Waals surface area contributed by atoms with Gasteiger partial charge in [0.1, 0.15) is 0 Å². The topological polar surface area (TPSA) is 18.5 Å². The van der Waals surface area contributed by atoms with E-state index in [0.29, 0.717) is 0 Å². The van der Waals surface area contributed by atoms with Gasteiger partial charge in [0.2, 0.25) is 0 Å². The van der Waals surface area contributed by atoms with E-state index in [0.717, 1.165) is 40.5 Å². The first-order chi connectivity index (χ1) is 38.9. The molecule has 4 heteroatoms. The number of anilines is 8. The van der Waals surface area contributed by atoms with Crippen LogP contribution in [0.4, 0.5) is 45.5 Å². The third-order valence-electron chi connectivity index (χ3n) is 19.3. The van der Waals surface area contributed by atoms with E-state index in [1.54, 1.807) is 0 Å². The van der Waals surface area contributed by atoms with Gasteiger partial charge in [0.05, 0.1) is 11.4 Å². The maximum atomic E-state index is 4.36. The second kappa shape index (κ2) is 18.3. The molecule has 14 rings (SSSR count). The number of fused-ring (bicyclic) bond motifs is 8. The molecule has 0 saturated carbocycles. The number of benzene rings is 10. The molecule has 10 aromatic carbocycles. The number of nitrogens with one attached hydrogen (secondary N) is 1. The van der Waals surface area contributed by atoms with Crippen LogP contribution in [0.2, 0.25) is 0 Å². The van der Waals surface area contributed by atoms with Crippen molar-refractivity contribution in [2.45, 2.75) is 111 Å². The number of para-hydroxylation sites is 2. The monoisotopic (exact) mass is 1050 g/mol. The third kappa shape index (κ3) is 7.91. The molecule has 0 saturated heterocycles. The Morgan fingerprint density at radius 2 is 0.988 bits per heavy atom. The minimum Gasteiger partial charge on any atom is -0.354 e. The largest absolute Gasteiger partial charge is 0.354 e. The van der Waals surface area contributed by atoms with Crippen molar-refractivity contribution in [2.24, 2.45) is 0 Å². The Morgan fingerprint density at radius 1 is 0.420 bits per heavy atom. The highest BCUT2D eigenvalue weighted by atomic mass is 15.2. The van der Waals surface area contributed by atoms with Crippen molar-refractivity contribution in [3.8, 4) is 44.5 Å². The first-order valence-corrected chi connectivity index (χ1v) is 29.3. The summed E-state index contributed by atoms with van der Waals surface area (Å²) in [7, 11) is 2.50. The predicted molar refractivity (Wildman–Crippen MR) is 346 cm³/mol. The summed E-state index contributed by atoms with van der Waals surface area (Å²) in [5, 5.41) is 4.36. The molecule has 397 valence electrons. The van der Waals surface area contributed by atoms with Crippen molar-refractivity contribution >= 4 is 63.7 Å². The summed E-state index contributed by atoms with van der Waals surface area (Å²) in [6, 6.07) is 75.8. The van der Waals surface area contributed by atoms with Gasteiger partial charge in [-0.15, -0.1) is 0 Å². The Bertz CT molecular complexity index is 4130. The molecule has 2 aliphatic heterocycles. The summed E-state index contributed by atoms with van der Waals surface area (Å²) in [5.74, 6) is 0. The van der Waals surface area contributed by atoms with Crippen LogP contribution in [0.1, 0.15) is 118 Å². The van der Waals surface area contributed by atoms with Crippen molar-refractivity contribution in [2.75, 3.05) is 15.1 Å². The van der Waals surface area contributed by atoms with Crippen LogP contribution in [0.3, 0.4) is 0 Å². The number of hydrogen-bond donors (Lipinski definition) is 1. The Morgan fingerprint density at radius 3 is 1.63 bits per heavy atom. The second-order valence-electron chi connectivity index (χ2n) is 26.0. The average Bonchev–Trinajstić information content (AvgIpc) is 3.97. The van der Waals surface area contributed by atoms with E-state index >= 15 is 0 Å². The Hall–Kier alpha value is -8.34. The standard InChI is InChI=1S/C77H71BN3/c1-47-43-62-63(75(6,7)40-39-74(62,4)5)46-65(47)79-72-55(35-36-60-70(72)56-27-18-19-28-58(56)76(60,8)9)57-44-54(45-69-71(57)78-64-31-22-30-61-73(64)81(69)68-32-21-20-29-59(68)77(61,10)11)80(66-37-33-52(41-48(66)2)50-23-14-12-15-24-50)67-38-34-53(42-49(67)3)51-25-16-13-17-26-51/h12-38,41-46,79H,39-40H2,1-11H3. The summed E-state index contributed by atoms with van der Waals surface area (Å²) in [6.45, 7) is 26.3. The fourth-order valence-electron chi connectivity index (χ4n) is 14.6. The lowest BCUT2D eigenvalue weighted by Crippen LogP contribution is -2.45. The van der Waals surface area contributed by atoms with Gasteiger partial charge in [-0.3, -0.25) is 0 Å². The lowest BCUT2D eigenvalue weighted by Gasteiger charge is -2.46. The van der Waals surface area contributed by atoms with Crippen LogP contribution in [0, 0.1) is 20.8 Å². The summed E-state index contributed by atoms with van der Waals surface area (Å²) < 4.78 is 0. The second-order valence-corrected chi connectivity index (χ2v) is 26.0. The van der Waals surface area contributed by atoms with Gasteiger partial charge >= 0.3 is 0 Å². The van der Waals surface area contributed by atoms with E-state index in [1.165, 1.54) is 123 Å². The van der Waals surface area contributed by atoms with E-state index in [9.17, 15) is 0 Å². The fraction of sp³-hybridized carbons (Fsp3) is 0.221. The van der Waals surface area contributed by atoms with Crippen LogP contribution in [-0.4, -0.2) is 7.28 Å². The summed E-state index contributed by atoms with van der Waals surface area (Å²) >= 11 is 0. The summed E-state index contributed by atoms with van der Waals surface area (Å²) in [5.41, 5.74) is 33.1. The van der Waals surface area contributed by atoms with Crippen LogP contribution < -0.4 is 26.0 Å². The molecule has 2 heterocycles. The van der Waals surface area contributed by atoms with Crippen molar-refractivity contribution in [1.82, 2.24) is 0 Å². The van der Waals surface area contributed by atoms with Gasteiger partial charge in [-0.1, -0.05) is 213 Å². The van der Waals surface area contributed by atoms with Gasteiger partial charge in [-0.2, -0.15) is 0 Å². The van der Waals surface area contributed by atoms with E-state index in [4.69, 9.17) is 0 Å². The van der Waals surface area contributed by atoms with Crippen LogP contribution in [0.15, 0.2) is 200 Å². The normalized spacial score (nSPS) is 16.0. The number of rotatable bonds is 8. The van der Waals surface area contributed by atoms with Gasteiger partial charge in [0.25, 0.3) is 0 Å². The van der Waals surface area contributed by atoms with Crippen LogP contribution in [0.5, 0.6) is 0 Å². The zero-order valence-corrected chi connectivity index (χ0v) is 48.9. The molecule has 1 radical (unpaired) electrons. The van der Waals surface area contributed by atoms with Gasteiger partial charge in [0.15, 0.2) is 7.28 Å². The lowest BCUT2D eigenvalue weighted by atomic mass is 9.56. The van der Waals surface area contributed by atoms with E-state index < -0.39 is 0 Å². The Kier molecular flexibility index (Phi) is 11.5. The highest BCUT2D eigenvalue weighted by Gasteiger charge is 2.44. The zero-order valence-electron chi connectivity index (χ0n) is 48.9. The summed E-state index contributed by atoms with van der Waals surface area (Å²) in [6.07, 6.45) is 2.32. The minimum absolute atomic E-state index is 0.0390. The number of hydrogen-bond acceptors (Lipinski definition) is 3. The van der Waals surface area contributed by atoms with E-state index in [2.05, 4.69) is 299 Å². The molecule has 0 atom stereocenters. The first kappa shape index (κ1) is 50.9. The molecular formula is C77H71BN3. The third-order valence-corrected chi connectivity index (χ3v) is 19.3. The van der Waals surface area contributed by atoms with Crippen molar-refractivity contribution in [3.63, 3.8) is 0 Å². The van der Waals surface area contributed by atoms with Crippen LogP contribution >= 0.6 is 0 Å². The molecule has 81 heavy (non-hydrogen) atoms. The molecule has 0 amide bonds. The first-order valence-electron chi connectivity index (χ1n) is 29.3. The van der Waals surface area contributed by atoms with Crippen molar-refractivity contribution in [3.05, 3.63) is 250 Å². The lowest BCUT2D eigenvalue weighted by molar-refractivity contribution is 0.332.